The van der Waals surface area contributed by atoms with Gasteiger partial charge in [-0.25, -0.2) is 4.98 Å². The zero-order valence-corrected chi connectivity index (χ0v) is 14.3. The molecule has 0 unspecified atom stereocenters. The molecule has 1 amide bonds. The summed E-state index contributed by atoms with van der Waals surface area (Å²) < 4.78 is 12.0. The normalized spacial score (nSPS) is 20.9. The summed E-state index contributed by atoms with van der Waals surface area (Å²) in [4.78, 5) is 18.6. The van der Waals surface area contributed by atoms with Crippen molar-refractivity contribution in [2.24, 2.45) is 0 Å². The Morgan fingerprint density at radius 2 is 2.19 bits per heavy atom. The lowest BCUT2D eigenvalue weighted by Gasteiger charge is -2.52. The Hall–Kier alpha value is -2.91. The second kappa shape index (κ2) is 6.77. The van der Waals surface area contributed by atoms with Gasteiger partial charge in [0.2, 0.25) is 5.88 Å². The fourth-order valence-electron chi connectivity index (χ4n) is 3.59. The van der Waals surface area contributed by atoms with Crippen molar-refractivity contribution in [1.82, 2.24) is 9.88 Å². The molecule has 2 saturated heterocycles. The Morgan fingerprint density at radius 3 is 2.96 bits per heavy atom. The van der Waals surface area contributed by atoms with Gasteiger partial charge in [-0.1, -0.05) is 12.1 Å². The Labute approximate surface area is 152 Å². The van der Waals surface area contributed by atoms with Gasteiger partial charge in [0, 0.05) is 30.7 Å². The first-order chi connectivity index (χ1) is 12.7. The molecule has 6 heteroatoms. The van der Waals surface area contributed by atoms with Crippen LogP contribution in [-0.4, -0.2) is 47.2 Å². The molecular weight excluding hydrogens is 330 g/mol. The van der Waals surface area contributed by atoms with E-state index in [1.54, 1.807) is 35.4 Å². The largest absolute Gasteiger partial charge is 0.474 e. The molecule has 132 valence electrons. The van der Waals surface area contributed by atoms with Crippen molar-refractivity contribution < 1.29 is 14.3 Å². The molecule has 26 heavy (non-hydrogen) atoms. The number of nitriles is 1. The van der Waals surface area contributed by atoms with Gasteiger partial charge in [0.05, 0.1) is 31.3 Å². The SMILES string of the molecule is N#Cc1cccc(C(=O)N2CC3(C[C@H](Oc4ccccn4)CCO3)C2)c1. The van der Waals surface area contributed by atoms with Crippen LogP contribution in [0.1, 0.15) is 28.8 Å². The average Bonchev–Trinajstić information content (AvgIpc) is 2.66. The zero-order chi connectivity index (χ0) is 18.0. The highest BCUT2D eigenvalue weighted by atomic mass is 16.5. The molecule has 2 aliphatic heterocycles. The van der Waals surface area contributed by atoms with E-state index in [0.717, 1.165) is 12.8 Å². The maximum Gasteiger partial charge on any atom is 0.254 e. The van der Waals surface area contributed by atoms with E-state index in [-0.39, 0.29) is 17.6 Å². The summed E-state index contributed by atoms with van der Waals surface area (Å²) in [5, 5.41) is 8.99. The summed E-state index contributed by atoms with van der Waals surface area (Å²) in [6.07, 6.45) is 3.31. The molecule has 0 N–H and O–H groups in total. The number of hydrogen-bond acceptors (Lipinski definition) is 5. The van der Waals surface area contributed by atoms with Crippen molar-refractivity contribution in [1.29, 1.82) is 5.26 Å². The van der Waals surface area contributed by atoms with Gasteiger partial charge < -0.3 is 14.4 Å². The monoisotopic (exact) mass is 349 g/mol. The number of benzene rings is 1. The Balaban J connectivity index is 1.38. The number of rotatable bonds is 3. The fourth-order valence-corrected chi connectivity index (χ4v) is 3.59. The molecule has 0 radical (unpaired) electrons. The minimum absolute atomic E-state index is 0.0396. The van der Waals surface area contributed by atoms with Crippen LogP contribution in [0, 0.1) is 11.3 Å². The van der Waals surface area contributed by atoms with Crippen molar-refractivity contribution in [2.45, 2.75) is 24.5 Å². The smallest absolute Gasteiger partial charge is 0.254 e. The number of amides is 1. The van der Waals surface area contributed by atoms with Gasteiger partial charge in [-0.3, -0.25) is 4.79 Å². The van der Waals surface area contributed by atoms with E-state index in [1.807, 2.05) is 18.2 Å². The molecule has 3 heterocycles. The summed E-state index contributed by atoms with van der Waals surface area (Å²) in [6, 6.07) is 14.5. The number of pyridine rings is 1. The lowest BCUT2D eigenvalue weighted by molar-refractivity contribution is -0.174. The third-order valence-corrected chi connectivity index (χ3v) is 4.86. The van der Waals surface area contributed by atoms with Crippen molar-refractivity contribution in [3.63, 3.8) is 0 Å². The molecule has 6 nitrogen and oxygen atoms in total. The van der Waals surface area contributed by atoms with Crippen LogP contribution in [0.3, 0.4) is 0 Å². The number of nitrogens with zero attached hydrogens (tertiary/aromatic N) is 3. The average molecular weight is 349 g/mol. The maximum atomic E-state index is 12.6. The van der Waals surface area contributed by atoms with Crippen LogP contribution in [0.25, 0.3) is 0 Å². The number of carbonyl (C=O) groups excluding carboxylic acids is 1. The van der Waals surface area contributed by atoms with Gasteiger partial charge in [-0.2, -0.15) is 5.26 Å². The second-order valence-corrected chi connectivity index (χ2v) is 6.79. The van der Waals surface area contributed by atoms with Crippen LogP contribution in [0.4, 0.5) is 0 Å². The minimum atomic E-state index is -0.333. The first kappa shape index (κ1) is 16.6. The first-order valence-electron chi connectivity index (χ1n) is 8.69. The lowest BCUT2D eigenvalue weighted by Crippen LogP contribution is -2.67. The van der Waals surface area contributed by atoms with Gasteiger partial charge in [0.25, 0.3) is 5.91 Å². The molecule has 1 aromatic heterocycles. The Morgan fingerprint density at radius 1 is 1.31 bits per heavy atom. The molecule has 2 aromatic rings. The highest BCUT2D eigenvalue weighted by Crippen LogP contribution is 2.36. The summed E-state index contributed by atoms with van der Waals surface area (Å²) in [5.41, 5.74) is 0.694. The summed E-state index contributed by atoms with van der Waals surface area (Å²) in [7, 11) is 0. The van der Waals surface area contributed by atoms with Crippen LogP contribution < -0.4 is 4.74 Å². The molecule has 1 atom stereocenters. The highest BCUT2D eigenvalue weighted by molar-refractivity contribution is 5.95. The van der Waals surface area contributed by atoms with Crippen molar-refractivity contribution in [3.8, 4) is 11.9 Å². The predicted octanol–water partition coefficient (Wildman–Crippen LogP) is 2.41. The van der Waals surface area contributed by atoms with Crippen LogP contribution >= 0.6 is 0 Å². The third-order valence-electron chi connectivity index (χ3n) is 4.86. The van der Waals surface area contributed by atoms with Crippen LogP contribution in [0.15, 0.2) is 48.7 Å². The summed E-state index contributed by atoms with van der Waals surface area (Å²) >= 11 is 0. The zero-order valence-electron chi connectivity index (χ0n) is 14.3. The topological polar surface area (TPSA) is 75.5 Å². The van der Waals surface area contributed by atoms with Crippen molar-refractivity contribution in [3.05, 3.63) is 59.8 Å². The van der Waals surface area contributed by atoms with E-state index >= 15 is 0 Å². The first-order valence-corrected chi connectivity index (χ1v) is 8.69. The lowest BCUT2D eigenvalue weighted by atomic mass is 9.84. The molecule has 0 bridgehead atoms. The molecule has 1 spiro atoms. The molecule has 0 aliphatic carbocycles. The third kappa shape index (κ3) is 3.26. The van der Waals surface area contributed by atoms with E-state index in [4.69, 9.17) is 14.7 Å². The van der Waals surface area contributed by atoms with E-state index in [1.165, 1.54) is 0 Å². The van der Waals surface area contributed by atoms with Gasteiger partial charge in [-0.15, -0.1) is 0 Å². The number of carbonyl (C=O) groups is 1. The number of aromatic nitrogens is 1. The van der Waals surface area contributed by atoms with Crippen molar-refractivity contribution >= 4 is 5.91 Å². The van der Waals surface area contributed by atoms with Gasteiger partial charge in [0.15, 0.2) is 0 Å². The van der Waals surface area contributed by atoms with Gasteiger partial charge >= 0.3 is 0 Å². The summed E-state index contributed by atoms with van der Waals surface area (Å²) in [6.45, 7) is 1.71. The van der Waals surface area contributed by atoms with E-state index in [2.05, 4.69) is 11.1 Å². The predicted molar refractivity (Wildman–Crippen MR) is 93.6 cm³/mol. The Bertz CT molecular complexity index is 841. The maximum absolute atomic E-state index is 12.6. The van der Waals surface area contributed by atoms with E-state index < -0.39 is 0 Å². The minimum Gasteiger partial charge on any atom is -0.474 e. The number of likely N-dealkylation sites (tertiary alicyclic amines) is 1. The van der Waals surface area contributed by atoms with Crippen LogP contribution in [0.2, 0.25) is 0 Å². The molecule has 1 aromatic carbocycles. The number of hydrogen-bond donors (Lipinski definition) is 0. The van der Waals surface area contributed by atoms with E-state index in [9.17, 15) is 4.79 Å². The van der Waals surface area contributed by atoms with Gasteiger partial charge in [0.1, 0.15) is 11.7 Å². The standard InChI is InChI=1S/C20H19N3O3/c21-12-15-4-3-5-16(10-15)19(24)23-13-20(14-23)11-17(7-9-25-20)26-18-6-1-2-8-22-18/h1-6,8,10,17H,7,9,11,13-14H2/t17-/m1/s1. The van der Waals surface area contributed by atoms with Gasteiger partial charge in [-0.05, 0) is 24.3 Å². The van der Waals surface area contributed by atoms with Crippen LogP contribution in [0.5, 0.6) is 5.88 Å². The van der Waals surface area contributed by atoms with Crippen molar-refractivity contribution in [2.75, 3.05) is 19.7 Å². The molecule has 0 saturated carbocycles. The molecule has 2 fully saturated rings. The van der Waals surface area contributed by atoms with E-state index in [0.29, 0.717) is 36.7 Å². The molecule has 2 aliphatic rings. The second-order valence-electron chi connectivity index (χ2n) is 6.79. The highest BCUT2D eigenvalue weighted by Gasteiger charge is 2.50. The molecular formula is C20H19N3O3. The number of ether oxygens (including phenoxy) is 2. The van der Waals surface area contributed by atoms with Crippen LogP contribution in [-0.2, 0) is 4.74 Å². The Kier molecular flexibility index (Phi) is 4.31. The summed E-state index contributed by atoms with van der Waals surface area (Å²) in [5.74, 6) is 0.555. The quantitative estimate of drug-likeness (QED) is 0.850. The fraction of sp³-hybridized carbons (Fsp3) is 0.350. The molecule has 4 rings (SSSR count).